The van der Waals surface area contributed by atoms with Gasteiger partial charge in [0.25, 0.3) is 0 Å². The highest BCUT2D eigenvalue weighted by Gasteiger charge is 2.18. The van der Waals surface area contributed by atoms with E-state index in [-0.39, 0.29) is 12.1 Å². The van der Waals surface area contributed by atoms with Crippen LogP contribution >= 0.6 is 23.2 Å². The van der Waals surface area contributed by atoms with Crippen LogP contribution in [0.2, 0.25) is 10.0 Å². The van der Waals surface area contributed by atoms with Gasteiger partial charge in [0.05, 0.1) is 21.3 Å². The maximum absolute atomic E-state index is 13.5. The Labute approximate surface area is 125 Å². The van der Waals surface area contributed by atoms with Gasteiger partial charge >= 0.3 is 0 Å². The molecule has 2 aromatic rings. The fourth-order valence-corrected chi connectivity index (χ4v) is 2.33. The molecule has 106 valence electrons. The Morgan fingerprint density at radius 3 is 2.05 bits per heavy atom. The van der Waals surface area contributed by atoms with E-state index >= 15 is 0 Å². The first-order chi connectivity index (χ1) is 9.50. The molecule has 2 rings (SSSR count). The van der Waals surface area contributed by atoms with Crippen LogP contribution in [-0.2, 0) is 0 Å². The summed E-state index contributed by atoms with van der Waals surface area (Å²) in [5, 5.41) is 13.4. The second-order valence-electron chi connectivity index (χ2n) is 4.13. The lowest BCUT2D eigenvalue weighted by molar-refractivity contribution is 0.181. The Hall–Kier alpha value is -1.36. The third-order valence-electron chi connectivity index (χ3n) is 2.77. The number of anilines is 1. The van der Waals surface area contributed by atoms with Crippen molar-refractivity contribution in [3.63, 3.8) is 0 Å². The minimum Gasteiger partial charge on any atom is -0.386 e. The van der Waals surface area contributed by atoms with Crippen molar-refractivity contribution in [3.05, 3.63) is 63.6 Å². The first-order valence-electron chi connectivity index (χ1n) is 5.80. The molecular formula is C14H11Cl2F2NO. The second-order valence-corrected chi connectivity index (χ2v) is 4.94. The highest BCUT2D eigenvalue weighted by atomic mass is 35.5. The number of benzene rings is 2. The SMILES string of the molecule is OC(CNc1c(Cl)cccc1Cl)c1c(F)cccc1F. The van der Waals surface area contributed by atoms with Gasteiger partial charge in [-0.25, -0.2) is 8.78 Å². The minimum atomic E-state index is -1.36. The van der Waals surface area contributed by atoms with Crippen LogP contribution in [0.4, 0.5) is 14.5 Å². The number of hydrogen-bond acceptors (Lipinski definition) is 2. The lowest BCUT2D eigenvalue weighted by atomic mass is 10.1. The lowest BCUT2D eigenvalue weighted by Crippen LogP contribution is -2.15. The van der Waals surface area contributed by atoms with Gasteiger partial charge in [-0.15, -0.1) is 0 Å². The Morgan fingerprint density at radius 1 is 1.00 bits per heavy atom. The summed E-state index contributed by atoms with van der Waals surface area (Å²) in [5.41, 5.74) is 0.0230. The number of hydrogen-bond donors (Lipinski definition) is 2. The van der Waals surface area contributed by atoms with E-state index in [1.165, 1.54) is 6.07 Å². The number of para-hydroxylation sites is 1. The Morgan fingerprint density at radius 2 is 1.50 bits per heavy atom. The molecule has 0 aliphatic rings. The van der Waals surface area contributed by atoms with E-state index in [1.54, 1.807) is 18.2 Å². The standard InChI is InChI=1S/C14H11Cl2F2NO/c15-8-3-1-4-9(16)14(8)19-7-12(20)13-10(17)5-2-6-11(13)18/h1-6,12,19-20H,7H2. The van der Waals surface area contributed by atoms with Gasteiger partial charge in [0.15, 0.2) is 0 Å². The topological polar surface area (TPSA) is 32.3 Å². The molecule has 0 amide bonds. The lowest BCUT2D eigenvalue weighted by Gasteiger charge is -2.16. The molecular weight excluding hydrogens is 307 g/mol. The van der Waals surface area contributed by atoms with Gasteiger partial charge in [0.2, 0.25) is 0 Å². The largest absolute Gasteiger partial charge is 0.386 e. The predicted molar refractivity (Wildman–Crippen MR) is 76.3 cm³/mol. The van der Waals surface area contributed by atoms with Crippen molar-refractivity contribution in [3.8, 4) is 0 Å². The van der Waals surface area contributed by atoms with E-state index in [2.05, 4.69) is 5.32 Å². The van der Waals surface area contributed by atoms with Crippen molar-refractivity contribution in [2.24, 2.45) is 0 Å². The summed E-state index contributed by atoms with van der Waals surface area (Å²) in [6, 6.07) is 8.31. The summed E-state index contributed by atoms with van der Waals surface area (Å²) < 4.78 is 27.0. The average molecular weight is 318 g/mol. The third-order valence-corrected chi connectivity index (χ3v) is 3.40. The van der Waals surface area contributed by atoms with E-state index in [4.69, 9.17) is 23.2 Å². The van der Waals surface area contributed by atoms with Crippen LogP contribution in [0.25, 0.3) is 0 Å². The Balaban J connectivity index is 2.15. The molecule has 0 fully saturated rings. The zero-order valence-corrected chi connectivity index (χ0v) is 11.7. The molecule has 0 heterocycles. The molecule has 0 spiro atoms. The van der Waals surface area contributed by atoms with Gasteiger partial charge in [-0.2, -0.15) is 0 Å². The maximum atomic E-state index is 13.5. The number of nitrogens with one attached hydrogen (secondary N) is 1. The van der Waals surface area contributed by atoms with Crippen molar-refractivity contribution >= 4 is 28.9 Å². The molecule has 2 aromatic carbocycles. The normalized spacial score (nSPS) is 12.2. The fourth-order valence-electron chi connectivity index (χ4n) is 1.80. The quantitative estimate of drug-likeness (QED) is 0.875. The number of rotatable bonds is 4. The van der Waals surface area contributed by atoms with Crippen LogP contribution in [0.1, 0.15) is 11.7 Å². The molecule has 0 saturated carbocycles. The van der Waals surface area contributed by atoms with Crippen molar-refractivity contribution < 1.29 is 13.9 Å². The van der Waals surface area contributed by atoms with Gasteiger partial charge in [0, 0.05) is 6.54 Å². The summed E-state index contributed by atoms with van der Waals surface area (Å²) in [4.78, 5) is 0. The van der Waals surface area contributed by atoms with E-state index in [9.17, 15) is 13.9 Å². The number of aliphatic hydroxyl groups is 1. The predicted octanol–water partition coefficient (Wildman–Crippen LogP) is 4.42. The van der Waals surface area contributed by atoms with Crippen molar-refractivity contribution in [1.29, 1.82) is 0 Å². The molecule has 0 bridgehead atoms. The summed E-state index contributed by atoms with van der Waals surface area (Å²) in [7, 11) is 0. The summed E-state index contributed by atoms with van der Waals surface area (Å²) in [6.07, 6.45) is -1.36. The summed E-state index contributed by atoms with van der Waals surface area (Å²) >= 11 is 11.9. The first kappa shape index (κ1) is 15.0. The monoisotopic (exact) mass is 317 g/mol. The van der Waals surface area contributed by atoms with Gasteiger partial charge in [-0.3, -0.25) is 0 Å². The Bertz CT molecular complexity index is 582. The number of aliphatic hydroxyl groups excluding tert-OH is 1. The molecule has 0 aromatic heterocycles. The molecule has 2 nitrogen and oxygen atoms in total. The first-order valence-corrected chi connectivity index (χ1v) is 6.56. The molecule has 1 unspecified atom stereocenters. The van der Waals surface area contributed by atoms with Crippen LogP contribution in [0.5, 0.6) is 0 Å². The minimum absolute atomic E-state index is 0.124. The van der Waals surface area contributed by atoms with E-state index in [1.807, 2.05) is 0 Å². The summed E-state index contributed by atoms with van der Waals surface area (Å²) in [5.74, 6) is -1.60. The van der Waals surface area contributed by atoms with Crippen molar-refractivity contribution in [2.75, 3.05) is 11.9 Å². The molecule has 6 heteroatoms. The molecule has 0 aliphatic heterocycles. The van der Waals surface area contributed by atoms with Crippen LogP contribution in [0.3, 0.4) is 0 Å². The van der Waals surface area contributed by atoms with Crippen molar-refractivity contribution in [1.82, 2.24) is 0 Å². The highest BCUT2D eigenvalue weighted by molar-refractivity contribution is 6.39. The zero-order chi connectivity index (χ0) is 14.7. The summed E-state index contributed by atoms with van der Waals surface area (Å²) in [6.45, 7) is -0.124. The molecule has 1 atom stereocenters. The van der Waals surface area contributed by atoms with Gasteiger partial charge in [-0.05, 0) is 24.3 Å². The molecule has 0 radical (unpaired) electrons. The smallest absolute Gasteiger partial charge is 0.132 e. The van der Waals surface area contributed by atoms with Crippen LogP contribution in [-0.4, -0.2) is 11.7 Å². The maximum Gasteiger partial charge on any atom is 0.132 e. The number of halogens is 4. The van der Waals surface area contributed by atoms with E-state index in [0.717, 1.165) is 12.1 Å². The van der Waals surface area contributed by atoms with Crippen LogP contribution < -0.4 is 5.32 Å². The zero-order valence-electron chi connectivity index (χ0n) is 10.2. The van der Waals surface area contributed by atoms with Crippen LogP contribution in [0.15, 0.2) is 36.4 Å². The molecule has 0 saturated heterocycles. The molecule has 0 aliphatic carbocycles. The van der Waals surface area contributed by atoms with Gasteiger partial charge in [0.1, 0.15) is 17.7 Å². The average Bonchev–Trinajstić information content (AvgIpc) is 2.38. The highest BCUT2D eigenvalue weighted by Crippen LogP contribution is 2.30. The van der Waals surface area contributed by atoms with Gasteiger partial charge in [-0.1, -0.05) is 35.3 Å². The third kappa shape index (κ3) is 3.20. The van der Waals surface area contributed by atoms with Crippen molar-refractivity contribution in [2.45, 2.75) is 6.10 Å². The van der Waals surface area contributed by atoms with E-state index in [0.29, 0.717) is 15.7 Å². The molecule has 2 N–H and O–H groups in total. The second kappa shape index (κ2) is 6.39. The molecule has 20 heavy (non-hydrogen) atoms. The van der Waals surface area contributed by atoms with E-state index < -0.39 is 17.7 Å². The fraction of sp³-hybridized carbons (Fsp3) is 0.143. The Kier molecular flexibility index (Phi) is 4.81. The van der Waals surface area contributed by atoms with Crippen LogP contribution in [0, 0.1) is 11.6 Å². The van der Waals surface area contributed by atoms with Gasteiger partial charge < -0.3 is 10.4 Å².